The average molecular weight is 475 g/mol. The molecule has 9 heteroatoms. The molecule has 0 fully saturated rings. The molecule has 0 aliphatic rings. The molecule has 0 unspecified atom stereocenters. The maximum Gasteiger partial charge on any atom is 0.329 e. The van der Waals surface area contributed by atoms with Crippen molar-refractivity contribution in [3.05, 3.63) is 88.3 Å². The van der Waals surface area contributed by atoms with E-state index in [4.69, 9.17) is 32.4 Å². The first kappa shape index (κ1) is 23.4. The Bertz CT molecular complexity index is 1090. The van der Waals surface area contributed by atoms with Gasteiger partial charge in [-0.3, -0.25) is 9.59 Å². The Balaban J connectivity index is 1.68. The highest BCUT2D eigenvalue weighted by Crippen LogP contribution is 2.25. The van der Waals surface area contributed by atoms with E-state index < -0.39 is 29.9 Å². The predicted octanol–water partition coefficient (Wildman–Crippen LogP) is 4.50. The Morgan fingerprint density at radius 1 is 1.03 bits per heavy atom. The molecule has 2 amide bonds. The van der Waals surface area contributed by atoms with Crippen molar-refractivity contribution in [1.29, 1.82) is 0 Å². The summed E-state index contributed by atoms with van der Waals surface area (Å²) in [6.07, 6.45) is 0.380. The van der Waals surface area contributed by atoms with Crippen molar-refractivity contribution in [3.63, 3.8) is 0 Å². The fourth-order valence-electron chi connectivity index (χ4n) is 2.82. The lowest BCUT2D eigenvalue weighted by atomic mass is 10.1. The largest absolute Gasteiger partial charge is 0.459 e. The van der Waals surface area contributed by atoms with E-state index in [0.717, 1.165) is 5.56 Å². The lowest BCUT2D eigenvalue weighted by Crippen LogP contribution is -2.45. The van der Waals surface area contributed by atoms with Gasteiger partial charge in [0.05, 0.1) is 17.0 Å². The van der Waals surface area contributed by atoms with Crippen molar-refractivity contribution in [2.24, 2.45) is 0 Å². The second-order valence-corrected chi connectivity index (χ2v) is 7.73. The number of ether oxygens (including phenoxy) is 1. The third-order valence-corrected chi connectivity index (χ3v) is 5.02. The van der Waals surface area contributed by atoms with Gasteiger partial charge in [-0.1, -0.05) is 53.5 Å². The van der Waals surface area contributed by atoms with Crippen LogP contribution in [0.25, 0.3) is 0 Å². The number of benzene rings is 2. The van der Waals surface area contributed by atoms with Gasteiger partial charge in [0.2, 0.25) is 0 Å². The zero-order valence-electron chi connectivity index (χ0n) is 17.0. The summed E-state index contributed by atoms with van der Waals surface area (Å²) >= 11 is 11.9. The van der Waals surface area contributed by atoms with Crippen LogP contribution in [0.15, 0.2) is 71.3 Å². The molecular weight excluding hydrogens is 455 g/mol. The first-order chi connectivity index (χ1) is 15.3. The van der Waals surface area contributed by atoms with E-state index in [1.165, 1.54) is 25.3 Å². The Hall–Kier alpha value is -3.29. The van der Waals surface area contributed by atoms with Crippen molar-refractivity contribution in [2.45, 2.75) is 25.5 Å². The Kier molecular flexibility index (Phi) is 7.92. The maximum atomic E-state index is 12.8. The first-order valence-corrected chi connectivity index (χ1v) is 10.4. The van der Waals surface area contributed by atoms with Gasteiger partial charge in [0.15, 0.2) is 11.9 Å². The number of carbonyl (C=O) groups excluding carboxylic acids is 3. The number of furan rings is 1. The molecule has 2 aromatic carbocycles. The molecule has 0 spiro atoms. The summed E-state index contributed by atoms with van der Waals surface area (Å²) in [4.78, 5) is 37.8. The molecule has 2 atom stereocenters. The zero-order chi connectivity index (χ0) is 23.1. The van der Waals surface area contributed by atoms with E-state index in [9.17, 15) is 14.4 Å². The van der Waals surface area contributed by atoms with E-state index in [2.05, 4.69) is 10.6 Å². The summed E-state index contributed by atoms with van der Waals surface area (Å²) in [5.41, 5.74) is 1.13. The molecule has 1 heterocycles. The van der Waals surface area contributed by atoms with Crippen molar-refractivity contribution in [3.8, 4) is 0 Å². The van der Waals surface area contributed by atoms with Crippen molar-refractivity contribution < 1.29 is 23.5 Å². The molecule has 1 aromatic heterocycles. The number of esters is 1. The summed E-state index contributed by atoms with van der Waals surface area (Å²) in [6, 6.07) is 15.7. The highest BCUT2D eigenvalue weighted by Gasteiger charge is 2.28. The summed E-state index contributed by atoms with van der Waals surface area (Å²) in [6.45, 7) is 1.42. The van der Waals surface area contributed by atoms with Gasteiger partial charge in [-0.05, 0) is 42.8 Å². The van der Waals surface area contributed by atoms with Crippen LogP contribution in [0.3, 0.4) is 0 Å². The number of nitrogens with one attached hydrogen (secondary N) is 2. The van der Waals surface area contributed by atoms with Crippen LogP contribution in [0.2, 0.25) is 10.0 Å². The van der Waals surface area contributed by atoms with Crippen LogP contribution in [0.5, 0.6) is 0 Å². The van der Waals surface area contributed by atoms with E-state index in [-0.39, 0.29) is 17.2 Å². The van der Waals surface area contributed by atoms with Gasteiger partial charge >= 0.3 is 5.97 Å². The normalized spacial score (nSPS) is 12.5. The molecule has 0 saturated carbocycles. The van der Waals surface area contributed by atoms with Crippen LogP contribution < -0.4 is 10.6 Å². The molecule has 2 N–H and O–H groups in total. The monoisotopic (exact) mass is 474 g/mol. The van der Waals surface area contributed by atoms with Gasteiger partial charge < -0.3 is 19.8 Å². The lowest BCUT2D eigenvalue weighted by Gasteiger charge is -2.20. The molecular formula is C23H20Cl2N2O5. The van der Waals surface area contributed by atoms with Gasteiger partial charge in [-0.2, -0.15) is 0 Å². The van der Waals surface area contributed by atoms with Crippen molar-refractivity contribution in [2.75, 3.05) is 5.32 Å². The van der Waals surface area contributed by atoms with Crippen LogP contribution in [-0.4, -0.2) is 29.9 Å². The van der Waals surface area contributed by atoms with E-state index >= 15 is 0 Å². The molecule has 0 aliphatic carbocycles. The molecule has 3 rings (SSSR count). The van der Waals surface area contributed by atoms with Crippen molar-refractivity contribution >= 4 is 46.7 Å². The fourth-order valence-corrected chi connectivity index (χ4v) is 3.27. The fraction of sp³-hybridized carbons (Fsp3) is 0.174. The summed E-state index contributed by atoms with van der Waals surface area (Å²) in [7, 11) is 0. The molecule has 32 heavy (non-hydrogen) atoms. The van der Waals surface area contributed by atoms with E-state index in [0.29, 0.717) is 10.7 Å². The molecule has 0 bridgehead atoms. The number of carbonyl (C=O) groups is 3. The quantitative estimate of drug-likeness (QED) is 0.468. The second kappa shape index (κ2) is 10.8. The number of hydrogen-bond acceptors (Lipinski definition) is 5. The minimum Gasteiger partial charge on any atom is -0.459 e. The van der Waals surface area contributed by atoms with Gasteiger partial charge in [-0.15, -0.1) is 0 Å². The third-order valence-electron chi connectivity index (χ3n) is 4.47. The number of anilines is 1. The average Bonchev–Trinajstić information content (AvgIpc) is 3.31. The molecule has 166 valence electrons. The third kappa shape index (κ3) is 6.35. The predicted molar refractivity (Wildman–Crippen MR) is 121 cm³/mol. The van der Waals surface area contributed by atoms with Crippen molar-refractivity contribution in [1.82, 2.24) is 5.32 Å². The van der Waals surface area contributed by atoms with E-state index in [1.807, 2.05) is 30.3 Å². The second-order valence-electron chi connectivity index (χ2n) is 6.89. The van der Waals surface area contributed by atoms with Crippen LogP contribution in [0, 0.1) is 0 Å². The van der Waals surface area contributed by atoms with Crippen LogP contribution in [0.1, 0.15) is 23.0 Å². The Morgan fingerprint density at radius 3 is 2.44 bits per heavy atom. The SMILES string of the molecule is C[C@@H](OC(=O)[C@@H](Cc1ccccc1)NC(=O)c1ccco1)C(=O)Nc1ccc(Cl)cc1Cl. The molecule has 7 nitrogen and oxygen atoms in total. The minimum absolute atomic E-state index is 0.0547. The molecule has 3 aromatic rings. The lowest BCUT2D eigenvalue weighted by molar-refractivity contribution is -0.155. The summed E-state index contributed by atoms with van der Waals surface area (Å²) in [5.74, 6) is -1.87. The first-order valence-electron chi connectivity index (χ1n) is 9.68. The summed E-state index contributed by atoms with van der Waals surface area (Å²) < 4.78 is 10.4. The van der Waals surface area contributed by atoms with Crippen LogP contribution in [-0.2, 0) is 20.7 Å². The molecule has 0 radical (unpaired) electrons. The Labute approximate surface area is 194 Å². The number of halogens is 2. The maximum absolute atomic E-state index is 12.8. The molecule has 0 aliphatic heterocycles. The standard InChI is InChI=1S/C23H20Cl2N2O5/c1-14(21(28)26-18-10-9-16(24)13-17(18)25)32-23(30)19(12-15-6-3-2-4-7-15)27-22(29)20-8-5-11-31-20/h2-11,13-14,19H,12H2,1H3,(H,26,28)(H,27,29)/t14-,19-/m1/s1. The zero-order valence-corrected chi connectivity index (χ0v) is 18.5. The van der Waals surface area contributed by atoms with Gasteiger partial charge in [0, 0.05) is 11.4 Å². The van der Waals surface area contributed by atoms with Crippen LogP contribution in [0.4, 0.5) is 5.69 Å². The minimum atomic E-state index is -1.15. The van der Waals surface area contributed by atoms with Crippen LogP contribution >= 0.6 is 23.2 Å². The number of hydrogen-bond donors (Lipinski definition) is 2. The topological polar surface area (TPSA) is 97.6 Å². The van der Waals surface area contributed by atoms with Gasteiger partial charge in [0.25, 0.3) is 11.8 Å². The van der Waals surface area contributed by atoms with Gasteiger partial charge in [0.1, 0.15) is 6.04 Å². The summed E-state index contributed by atoms with van der Waals surface area (Å²) in [5, 5.41) is 5.85. The highest BCUT2D eigenvalue weighted by atomic mass is 35.5. The Morgan fingerprint density at radius 2 is 1.78 bits per heavy atom. The number of amides is 2. The number of rotatable bonds is 8. The highest BCUT2D eigenvalue weighted by molar-refractivity contribution is 6.36. The van der Waals surface area contributed by atoms with E-state index in [1.54, 1.807) is 18.2 Å². The molecule has 0 saturated heterocycles. The smallest absolute Gasteiger partial charge is 0.329 e. The van der Waals surface area contributed by atoms with Gasteiger partial charge in [-0.25, -0.2) is 4.79 Å².